The maximum Gasteiger partial charge on any atom is 0.332 e. The van der Waals surface area contributed by atoms with Crippen LogP contribution in [0.1, 0.15) is 17.5 Å². The van der Waals surface area contributed by atoms with Crippen molar-refractivity contribution < 1.29 is 0 Å². The van der Waals surface area contributed by atoms with E-state index >= 15 is 0 Å². The minimum atomic E-state index is -0.297. The second-order valence-electron chi connectivity index (χ2n) is 8.22. The number of hydrogen-bond acceptors (Lipinski definition) is 5. The van der Waals surface area contributed by atoms with Gasteiger partial charge in [0, 0.05) is 53.4 Å². The summed E-state index contributed by atoms with van der Waals surface area (Å²) in [6, 6.07) is 8.56. The molecule has 1 aliphatic rings. The van der Waals surface area contributed by atoms with E-state index in [4.69, 9.17) is 0 Å². The molecule has 0 N–H and O–H groups in total. The lowest BCUT2D eigenvalue weighted by atomic mass is 10.1. The average Bonchev–Trinajstić information content (AvgIpc) is 3.13. The number of aryl methyl sites for hydroxylation is 3. The fourth-order valence-electron chi connectivity index (χ4n) is 4.25. The van der Waals surface area contributed by atoms with Gasteiger partial charge in [0.15, 0.2) is 11.2 Å². The molecule has 30 heavy (non-hydrogen) atoms. The van der Waals surface area contributed by atoms with Gasteiger partial charge in [-0.1, -0.05) is 24.3 Å². The molecule has 0 atom stereocenters. The minimum absolute atomic E-state index is 0.254. The van der Waals surface area contributed by atoms with E-state index in [-0.39, 0.29) is 11.2 Å². The van der Waals surface area contributed by atoms with Crippen LogP contribution >= 0.6 is 0 Å². The number of hydrogen-bond donors (Lipinski definition) is 0. The molecule has 1 fully saturated rings. The van der Waals surface area contributed by atoms with Crippen molar-refractivity contribution in [3.8, 4) is 0 Å². The molecule has 8 heteroatoms. The van der Waals surface area contributed by atoms with Gasteiger partial charge in [-0.2, -0.15) is 0 Å². The predicted octanol–water partition coefficient (Wildman–Crippen LogP) is 0.950. The number of nitrogens with zero attached hydrogens (tertiary/aromatic N) is 6. The lowest BCUT2D eigenvalue weighted by molar-refractivity contribution is 0.124. The van der Waals surface area contributed by atoms with Gasteiger partial charge < -0.3 is 9.47 Å². The van der Waals surface area contributed by atoms with E-state index in [0.29, 0.717) is 17.7 Å². The van der Waals surface area contributed by atoms with Gasteiger partial charge in [-0.25, -0.2) is 9.78 Å². The third kappa shape index (κ3) is 3.97. The van der Waals surface area contributed by atoms with Crippen molar-refractivity contribution in [3.05, 3.63) is 62.6 Å². The molecule has 1 aliphatic heterocycles. The summed E-state index contributed by atoms with van der Waals surface area (Å²) in [6.45, 7) is 8.58. The highest BCUT2D eigenvalue weighted by molar-refractivity contribution is 5.69. The second kappa shape index (κ2) is 8.57. The highest BCUT2D eigenvalue weighted by Gasteiger charge is 2.18. The topological polar surface area (TPSA) is 68.3 Å². The van der Waals surface area contributed by atoms with E-state index in [1.807, 2.05) is 0 Å². The third-order valence-electron chi connectivity index (χ3n) is 6.18. The number of imidazole rings is 1. The molecule has 0 spiro atoms. The van der Waals surface area contributed by atoms with Crippen molar-refractivity contribution in [1.82, 2.24) is 28.5 Å². The van der Waals surface area contributed by atoms with Crippen LogP contribution in [-0.2, 0) is 27.2 Å². The van der Waals surface area contributed by atoms with Gasteiger partial charge in [-0.05, 0) is 31.0 Å². The van der Waals surface area contributed by atoms with Crippen molar-refractivity contribution in [2.75, 3.05) is 32.7 Å². The maximum absolute atomic E-state index is 12.8. The van der Waals surface area contributed by atoms with Crippen LogP contribution in [-0.4, -0.2) is 61.2 Å². The molecule has 0 unspecified atom stereocenters. The van der Waals surface area contributed by atoms with Crippen LogP contribution in [0.15, 0.2) is 40.2 Å². The smallest absolute Gasteiger partial charge is 0.328 e. The molecule has 1 aromatic carbocycles. The second-order valence-corrected chi connectivity index (χ2v) is 8.22. The maximum atomic E-state index is 12.8. The highest BCUT2D eigenvalue weighted by atomic mass is 16.2. The van der Waals surface area contributed by atoms with Crippen molar-refractivity contribution in [2.45, 2.75) is 26.4 Å². The Morgan fingerprint density at radius 3 is 2.40 bits per heavy atom. The van der Waals surface area contributed by atoms with Gasteiger partial charge in [0.25, 0.3) is 5.56 Å². The fraction of sp³-hybridized carbons (Fsp3) is 0.500. The zero-order valence-corrected chi connectivity index (χ0v) is 18.0. The van der Waals surface area contributed by atoms with Crippen LogP contribution < -0.4 is 11.2 Å². The van der Waals surface area contributed by atoms with Crippen molar-refractivity contribution in [1.29, 1.82) is 0 Å². The van der Waals surface area contributed by atoms with Crippen LogP contribution in [0.2, 0.25) is 0 Å². The van der Waals surface area contributed by atoms with Crippen LogP contribution in [0.4, 0.5) is 0 Å². The van der Waals surface area contributed by atoms with Crippen molar-refractivity contribution in [2.24, 2.45) is 14.1 Å². The molecular formula is C22H30N6O2. The highest BCUT2D eigenvalue weighted by Crippen LogP contribution is 2.12. The Labute approximate surface area is 176 Å². The largest absolute Gasteiger partial charge is 0.332 e. The molecule has 3 aromatic rings. The molecule has 0 radical (unpaired) electrons. The Kier molecular flexibility index (Phi) is 5.87. The van der Waals surface area contributed by atoms with Gasteiger partial charge >= 0.3 is 5.69 Å². The van der Waals surface area contributed by atoms with Crippen LogP contribution in [0.3, 0.4) is 0 Å². The summed E-state index contributed by atoms with van der Waals surface area (Å²) >= 11 is 0. The summed E-state index contributed by atoms with van der Waals surface area (Å²) in [4.78, 5) is 34.5. The van der Waals surface area contributed by atoms with Gasteiger partial charge in [0.05, 0.1) is 6.33 Å². The molecule has 8 nitrogen and oxygen atoms in total. The Bertz CT molecular complexity index is 1150. The number of aromatic nitrogens is 4. The minimum Gasteiger partial charge on any atom is -0.328 e. The zero-order chi connectivity index (χ0) is 21.3. The summed E-state index contributed by atoms with van der Waals surface area (Å²) in [5.41, 5.74) is 3.10. The van der Waals surface area contributed by atoms with E-state index < -0.39 is 0 Å². The number of benzene rings is 1. The Balaban J connectivity index is 1.33. The van der Waals surface area contributed by atoms with Gasteiger partial charge in [-0.3, -0.25) is 18.8 Å². The molecule has 4 rings (SSSR count). The molecule has 0 bridgehead atoms. The van der Waals surface area contributed by atoms with E-state index in [9.17, 15) is 9.59 Å². The number of piperazine rings is 1. The summed E-state index contributed by atoms with van der Waals surface area (Å²) < 4.78 is 4.49. The van der Waals surface area contributed by atoms with Gasteiger partial charge in [-0.15, -0.1) is 0 Å². The molecule has 0 saturated carbocycles. The van der Waals surface area contributed by atoms with Crippen LogP contribution in [0, 0.1) is 6.92 Å². The number of rotatable bonds is 6. The molecule has 0 amide bonds. The van der Waals surface area contributed by atoms with Gasteiger partial charge in [0.2, 0.25) is 0 Å². The van der Waals surface area contributed by atoms with Crippen molar-refractivity contribution >= 4 is 11.2 Å². The standard InChI is InChI=1S/C22H30N6O2/c1-17-7-4-5-8-18(17)15-27-13-11-26(12-14-27)9-6-10-28-21(29)19-20(23-16-24(19)2)25(3)22(28)30/h4-5,7-8,16H,6,9-15H2,1-3H3. The zero-order valence-electron chi connectivity index (χ0n) is 18.0. The molecule has 1 saturated heterocycles. The molecule has 0 aliphatic carbocycles. The van der Waals surface area contributed by atoms with E-state index in [1.54, 1.807) is 25.0 Å². The Hall–Kier alpha value is -2.71. The Morgan fingerprint density at radius 1 is 0.967 bits per heavy atom. The summed E-state index contributed by atoms with van der Waals surface area (Å²) in [5, 5.41) is 0. The van der Waals surface area contributed by atoms with Crippen molar-refractivity contribution in [3.63, 3.8) is 0 Å². The molecule has 3 heterocycles. The normalized spacial score (nSPS) is 15.8. The van der Waals surface area contributed by atoms with E-state index in [2.05, 4.69) is 46.0 Å². The first-order chi connectivity index (χ1) is 14.5. The lowest BCUT2D eigenvalue weighted by Crippen LogP contribution is -2.46. The summed E-state index contributed by atoms with van der Waals surface area (Å²) in [6.07, 6.45) is 2.35. The third-order valence-corrected chi connectivity index (χ3v) is 6.18. The lowest BCUT2D eigenvalue weighted by Gasteiger charge is -2.35. The predicted molar refractivity (Wildman–Crippen MR) is 118 cm³/mol. The first-order valence-corrected chi connectivity index (χ1v) is 10.6. The fourth-order valence-corrected chi connectivity index (χ4v) is 4.25. The van der Waals surface area contributed by atoms with E-state index in [1.165, 1.54) is 20.3 Å². The van der Waals surface area contributed by atoms with E-state index in [0.717, 1.165) is 45.7 Å². The number of fused-ring (bicyclic) bond motifs is 1. The molecule has 160 valence electrons. The first kappa shape index (κ1) is 20.6. The Morgan fingerprint density at radius 2 is 1.67 bits per heavy atom. The molecular weight excluding hydrogens is 380 g/mol. The van der Waals surface area contributed by atoms with Gasteiger partial charge in [0.1, 0.15) is 0 Å². The summed E-state index contributed by atoms with van der Waals surface area (Å²) in [5.74, 6) is 0. The summed E-state index contributed by atoms with van der Waals surface area (Å²) in [7, 11) is 3.45. The van der Waals surface area contributed by atoms with Crippen LogP contribution in [0.5, 0.6) is 0 Å². The quantitative estimate of drug-likeness (QED) is 0.605. The monoisotopic (exact) mass is 410 g/mol. The first-order valence-electron chi connectivity index (χ1n) is 10.6. The average molecular weight is 411 g/mol. The van der Waals surface area contributed by atoms with Crippen LogP contribution in [0.25, 0.3) is 11.2 Å². The molecule has 2 aromatic heterocycles. The SMILES string of the molecule is Cc1ccccc1CN1CCN(CCCn2c(=O)c3c(ncn3C)n(C)c2=O)CC1.